The summed E-state index contributed by atoms with van der Waals surface area (Å²) < 4.78 is 16.7. The molecule has 1 unspecified atom stereocenters. The first-order chi connectivity index (χ1) is 24.4. The highest BCUT2D eigenvalue weighted by molar-refractivity contribution is 5.71. The molecule has 0 radical (unpaired) electrons. The van der Waals surface area contributed by atoms with Gasteiger partial charge in [0.1, 0.15) is 13.2 Å². The fourth-order valence-corrected chi connectivity index (χ4v) is 6.42. The third-order valence-electron chi connectivity index (χ3n) is 10.2. The lowest BCUT2D eigenvalue weighted by molar-refractivity contribution is -0.167. The summed E-state index contributed by atoms with van der Waals surface area (Å²) in [7, 11) is 0. The van der Waals surface area contributed by atoms with Gasteiger partial charge >= 0.3 is 17.9 Å². The van der Waals surface area contributed by atoms with E-state index in [1.807, 2.05) is 0 Å². The Labute approximate surface area is 310 Å². The van der Waals surface area contributed by atoms with E-state index in [0.717, 1.165) is 63.7 Å². The number of carbonyl (C=O) groups excluding carboxylic acids is 3. The van der Waals surface area contributed by atoms with Gasteiger partial charge in [-0.15, -0.1) is 0 Å². The molecule has 6 nitrogen and oxygen atoms in total. The third kappa shape index (κ3) is 36.2. The molecule has 0 aromatic heterocycles. The minimum Gasteiger partial charge on any atom is -0.462 e. The molecule has 0 N–H and O–H groups in total. The highest BCUT2D eigenvalue weighted by Gasteiger charge is 2.19. The minimum absolute atomic E-state index is 0.0650. The van der Waals surface area contributed by atoms with Gasteiger partial charge in [-0.25, -0.2) is 0 Å². The van der Waals surface area contributed by atoms with Gasteiger partial charge in [-0.1, -0.05) is 201 Å². The molecule has 0 saturated heterocycles. The van der Waals surface area contributed by atoms with Crippen LogP contribution in [0.2, 0.25) is 0 Å². The zero-order valence-corrected chi connectivity index (χ0v) is 33.9. The Morgan fingerprint density at radius 3 is 1.04 bits per heavy atom. The summed E-state index contributed by atoms with van der Waals surface area (Å²) in [6.45, 7) is 8.94. The Kier molecular flexibility index (Phi) is 37.4. The van der Waals surface area contributed by atoms with Gasteiger partial charge in [0.05, 0.1) is 0 Å². The second-order valence-electron chi connectivity index (χ2n) is 15.2. The van der Waals surface area contributed by atoms with Gasteiger partial charge in [-0.2, -0.15) is 0 Å². The Hall–Kier alpha value is -1.59. The van der Waals surface area contributed by atoms with E-state index in [0.29, 0.717) is 19.3 Å². The van der Waals surface area contributed by atoms with E-state index in [2.05, 4.69) is 27.7 Å². The lowest BCUT2D eigenvalue weighted by atomic mass is 10.00. The second kappa shape index (κ2) is 38.6. The number of unbranched alkanes of at least 4 members (excludes halogenated alkanes) is 25. The highest BCUT2D eigenvalue weighted by atomic mass is 16.6. The van der Waals surface area contributed by atoms with Crippen LogP contribution in [-0.2, 0) is 28.6 Å². The predicted octanol–water partition coefficient (Wildman–Crippen LogP) is 13.6. The summed E-state index contributed by atoms with van der Waals surface area (Å²) in [4.78, 5) is 37.6. The van der Waals surface area contributed by atoms with Crippen LogP contribution in [0.3, 0.4) is 0 Å². The van der Waals surface area contributed by atoms with Crippen molar-refractivity contribution in [1.29, 1.82) is 0 Å². The van der Waals surface area contributed by atoms with E-state index in [1.54, 1.807) is 0 Å². The molecule has 296 valence electrons. The number of esters is 3. The summed E-state index contributed by atoms with van der Waals surface area (Å²) in [6, 6.07) is 0. The summed E-state index contributed by atoms with van der Waals surface area (Å²) >= 11 is 0. The van der Waals surface area contributed by atoms with Crippen LogP contribution in [0.4, 0.5) is 0 Å². The van der Waals surface area contributed by atoms with Crippen molar-refractivity contribution in [2.75, 3.05) is 13.2 Å². The van der Waals surface area contributed by atoms with Gasteiger partial charge in [0, 0.05) is 19.3 Å². The van der Waals surface area contributed by atoms with Gasteiger partial charge in [0.25, 0.3) is 0 Å². The molecule has 0 aliphatic carbocycles. The molecule has 0 bridgehead atoms. The van der Waals surface area contributed by atoms with Crippen LogP contribution in [0.15, 0.2) is 0 Å². The number of ether oxygens (including phenoxy) is 3. The first kappa shape index (κ1) is 48.4. The van der Waals surface area contributed by atoms with Crippen LogP contribution in [0.25, 0.3) is 0 Å². The molecule has 0 rings (SSSR count). The first-order valence-corrected chi connectivity index (χ1v) is 21.9. The maximum atomic E-state index is 12.6. The van der Waals surface area contributed by atoms with Crippen molar-refractivity contribution in [2.24, 2.45) is 5.92 Å². The maximum Gasteiger partial charge on any atom is 0.306 e. The van der Waals surface area contributed by atoms with Gasteiger partial charge in [-0.3, -0.25) is 14.4 Å². The van der Waals surface area contributed by atoms with Crippen LogP contribution in [0.1, 0.15) is 240 Å². The Balaban J connectivity index is 4.32. The summed E-state index contributed by atoms with van der Waals surface area (Å²) in [5.74, 6) is -0.0521. The van der Waals surface area contributed by atoms with E-state index in [9.17, 15) is 14.4 Å². The van der Waals surface area contributed by atoms with E-state index in [-0.39, 0.29) is 31.1 Å². The highest BCUT2D eigenvalue weighted by Crippen LogP contribution is 2.16. The topological polar surface area (TPSA) is 78.9 Å². The number of hydrogen-bond donors (Lipinski definition) is 0. The Morgan fingerprint density at radius 2 is 0.700 bits per heavy atom. The fourth-order valence-electron chi connectivity index (χ4n) is 6.42. The summed E-state index contributed by atoms with van der Waals surface area (Å²) in [6.07, 6.45) is 36.6. The standard InChI is InChI=1S/C44H84O6/c1-5-8-10-12-14-16-17-18-19-21-23-28-32-36-43(46)49-39-41(38-48-42(45)35-31-27-22-20-15-13-11-9-6-2)50-44(47)37-33-29-25-24-26-30-34-40(4)7-3/h40-41H,5-39H2,1-4H3/t40?,41-/m0/s1. The van der Waals surface area contributed by atoms with Crippen molar-refractivity contribution >= 4 is 17.9 Å². The molecule has 0 heterocycles. The average Bonchev–Trinajstić information content (AvgIpc) is 3.11. The molecule has 0 aromatic rings. The van der Waals surface area contributed by atoms with Crippen LogP contribution in [0.5, 0.6) is 0 Å². The lowest BCUT2D eigenvalue weighted by Gasteiger charge is -2.18. The summed E-state index contributed by atoms with van der Waals surface area (Å²) in [5.41, 5.74) is 0. The average molecular weight is 709 g/mol. The van der Waals surface area contributed by atoms with E-state index in [4.69, 9.17) is 14.2 Å². The molecule has 2 atom stereocenters. The predicted molar refractivity (Wildman–Crippen MR) is 210 cm³/mol. The van der Waals surface area contributed by atoms with Crippen LogP contribution in [0, 0.1) is 5.92 Å². The van der Waals surface area contributed by atoms with E-state index in [1.165, 1.54) is 135 Å². The van der Waals surface area contributed by atoms with Gasteiger partial charge in [0.15, 0.2) is 6.10 Å². The molecule has 0 spiro atoms. The van der Waals surface area contributed by atoms with Crippen LogP contribution < -0.4 is 0 Å². The SMILES string of the molecule is CCCCCCCCCCCCCCCC(=O)OC[C@H](COC(=O)CCCCCCCCCCC)OC(=O)CCCCCCCCC(C)CC. The molecule has 0 aliphatic rings. The number of carbonyl (C=O) groups is 3. The molecule has 6 heteroatoms. The molecular formula is C44H84O6. The Bertz CT molecular complexity index is 753. The van der Waals surface area contributed by atoms with Crippen molar-refractivity contribution < 1.29 is 28.6 Å². The normalized spacial score (nSPS) is 12.5. The molecule has 0 fully saturated rings. The molecule has 0 saturated carbocycles. The molecule has 50 heavy (non-hydrogen) atoms. The van der Waals surface area contributed by atoms with Crippen molar-refractivity contribution in [1.82, 2.24) is 0 Å². The number of rotatable bonds is 39. The summed E-state index contributed by atoms with van der Waals surface area (Å²) in [5, 5.41) is 0. The lowest BCUT2D eigenvalue weighted by Crippen LogP contribution is -2.30. The molecule has 0 aliphatic heterocycles. The van der Waals surface area contributed by atoms with E-state index >= 15 is 0 Å². The number of hydrogen-bond acceptors (Lipinski definition) is 6. The molecule has 0 amide bonds. The molecular weight excluding hydrogens is 624 g/mol. The van der Waals surface area contributed by atoms with Crippen molar-refractivity contribution in [3.63, 3.8) is 0 Å². The maximum absolute atomic E-state index is 12.6. The van der Waals surface area contributed by atoms with Crippen molar-refractivity contribution in [2.45, 2.75) is 246 Å². The molecule has 0 aromatic carbocycles. The second-order valence-corrected chi connectivity index (χ2v) is 15.2. The van der Waals surface area contributed by atoms with Crippen LogP contribution in [-0.4, -0.2) is 37.2 Å². The zero-order chi connectivity index (χ0) is 36.8. The third-order valence-corrected chi connectivity index (χ3v) is 10.2. The quantitative estimate of drug-likeness (QED) is 0.0359. The van der Waals surface area contributed by atoms with Crippen LogP contribution >= 0.6 is 0 Å². The zero-order valence-electron chi connectivity index (χ0n) is 33.9. The van der Waals surface area contributed by atoms with Crippen molar-refractivity contribution in [3.05, 3.63) is 0 Å². The largest absolute Gasteiger partial charge is 0.462 e. The van der Waals surface area contributed by atoms with Gasteiger partial charge in [0.2, 0.25) is 0 Å². The fraction of sp³-hybridized carbons (Fsp3) is 0.932. The van der Waals surface area contributed by atoms with Gasteiger partial charge in [-0.05, 0) is 25.2 Å². The smallest absolute Gasteiger partial charge is 0.306 e. The first-order valence-electron chi connectivity index (χ1n) is 21.9. The minimum atomic E-state index is -0.759. The van der Waals surface area contributed by atoms with Gasteiger partial charge < -0.3 is 14.2 Å². The Morgan fingerprint density at radius 1 is 0.400 bits per heavy atom. The van der Waals surface area contributed by atoms with E-state index < -0.39 is 6.10 Å². The monoisotopic (exact) mass is 709 g/mol. The van der Waals surface area contributed by atoms with Crippen molar-refractivity contribution in [3.8, 4) is 0 Å².